The van der Waals surface area contributed by atoms with E-state index in [0.717, 1.165) is 12.0 Å². The van der Waals surface area contributed by atoms with Crippen LogP contribution in [0.4, 0.5) is 0 Å². The van der Waals surface area contributed by atoms with Crippen molar-refractivity contribution in [3.8, 4) is 0 Å². The molecule has 0 aromatic heterocycles. The van der Waals surface area contributed by atoms with Gasteiger partial charge in [0, 0.05) is 25.3 Å². The quantitative estimate of drug-likeness (QED) is 0.617. The second-order valence-corrected chi connectivity index (χ2v) is 5.91. The van der Waals surface area contributed by atoms with E-state index in [4.69, 9.17) is 4.74 Å². The smallest absolute Gasteiger partial charge is 0.306 e. The van der Waals surface area contributed by atoms with E-state index in [9.17, 15) is 14.4 Å². The van der Waals surface area contributed by atoms with Gasteiger partial charge in [-0.3, -0.25) is 19.3 Å². The van der Waals surface area contributed by atoms with Gasteiger partial charge >= 0.3 is 5.97 Å². The van der Waals surface area contributed by atoms with Crippen LogP contribution in [0.25, 0.3) is 0 Å². The maximum absolute atomic E-state index is 11.8. The molecule has 2 fully saturated rings. The van der Waals surface area contributed by atoms with Gasteiger partial charge in [0.1, 0.15) is 6.61 Å². The average Bonchev–Trinajstić information content (AvgIpc) is 3.06. The summed E-state index contributed by atoms with van der Waals surface area (Å²) in [7, 11) is 0. The normalized spacial score (nSPS) is 23.7. The van der Waals surface area contributed by atoms with Gasteiger partial charge in [0.2, 0.25) is 11.8 Å². The van der Waals surface area contributed by atoms with E-state index >= 15 is 0 Å². The number of amides is 2. The van der Waals surface area contributed by atoms with Gasteiger partial charge in [0.15, 0.2) is 0 Å². The fourth-order valence-electron chi connectivity index (χ4n) is 3.34. The highest BCUT2D eigenvalue weighted by molar-refractivity contribution is 5.99. The van der Waals surface area contributed by atoms with Crippen molar-refractivity contribution in [3.05, 3.63) is 35.9 Å². The molecule has 2 atom stereocenters. The fraction of sp³-hybridized carbons (Fsp3) is 0.471. The van der Waals surface area contributed by atoms with Crippen LogP contribution in [0.15, 0.2) is 30.3 Å². The zero-order chi connectivity index (χ0) is 15.5. The Hall–Kier alpha value is -2.17. The van der Waals surface area contributed by atoms with Crippen LogP contribution in [0.1, 0.15) is 37.7 Å². The third-order valence-corrected chi connectivity index (χ3v) is 4.47. The maximum Gasteiger partial charge on any atom is 0.306 e. The Morgan fingerprint density at radius 2 is 1.95 bits per heavy atom. The molecule has 2 saturated heterocycles. The first-order valence-electron chi connectivity index (χ1n) is 7.69. The number of hydrogen-bond acceptors (Lipinski definition) is 4. The Kier molecular flexibility index (Phi) is 4.22. The topological polar surface area (TPSA) is 63.7 Å². The lowest BCUT2D eigenvalue weighted by Gasteiger charge is -2.18. The SMILES string of the molecule is O=C(CCC1CC(=O)N2C(=O)CCC12)OCc1ccccc1. The summed E-state index contributed by atoms with van der Waals surface area (Å²) >= 11 is 0. The van der Waals surface area contributed by atoms with Crippen LogP contribution < -0.4 is 0 Å². The van der Waals surface area contributed by atoms with E-state index in [1.807, 2.05) is 30.3 Å². The molecule has 0 aliphatic carbocycles. The van der Waals surface area contributed by atoms with Gasteiger partial charge in [0.25, 0.3) is 0 Å². The molecule has 0 N–H and O–H groups in total. The Labute approximate surface area is 129 Å². The molecule has 5 nitrogen and oxygen atoms in total. The molecule has 0 saturated carbocycles. The molecular formula is C17H19NO4. The van der Waals surface area contributed by atoms with Crippen molar-refractivity contribution in [1.82, 2.24) is 4.90 Å². The summed E-state index contributed by atoms with van der Waals surface area (Å²) in [6.07, 6.45) is 2.46. The molecule has 2 amide bonds. The van der Waals surface area contributed by atoms with Crippen LogP contribution in [0, 0.1) is 5.92 Å². The van der Waals surface area contributed by atoms with Crippen molar-refractivity contribution in [1.29, 1.82) is 0 Å². The van der Waals surface area contributed by atoms with Crippen LogP contribution in [-0.4, -0.2) is 28.7 Å². The third kappa shape index (κ3) is 3.03. The fourth-order valence-corrected chi connectivity index (χ4v) is 3.34. The van der Waals surface area contributed by atoms with E-state index in [-0.39, 0.29) is 36.4 Å². The molecule has 0 bridgehead atoms. The second kappa shape index (κ2) is 6.30. The number of esters is 1. The maximum atomic E-state index is 11.8. The third-order valence-electron chi connectivity index (χ3n) is 4.47. The zero-order valence-corrected chi connectivity index (χ0v) is 12.4. The summed E-state index contributed by atoms with van der Waals surface area (Å²) in [5.41, 5.74) is 0.958. The van der Waals surface area contributed by atoms with Gasteiger partial charge in [-0.1, -0.05) is 30.3 Å². The highest BCUT2D eigenvalue weighted by Crippen LogP contribution is 2.36. The molecule has 2 unspecified atom stereocenters. The van der Waals surface area contributed by atoms with Gasteiger partial charge < -0.3 is 4.74 Å². The monoisotopic (exact) mass is 301 g/mol. The minimum Gasteiger partial charge on any atom is -0.461 e. The van der Waals surface area contributed by atoms with Gasteiger partial charge in [0.05, 0.1) is 0 Å². The van der Waals surface area contributed by atoms with Crippen LogP contribution in [-0.2, 0) is 25.7 Å². The molecule has 3 rings (SSSR count). The van der Waals surface area contributed by atoms with Crippen molar-refractivity contribution in [3.63, 3.8) is 0 Å². The predicted octanol–water partition coefficient (Wildman–Crippen LogP) is 2.05. The number of benzene rings is 1. The largest absolute Gasteiger partial charge is 0.461 e. The van der Waals surface area contributed by atoms with Crippen molar-refractivity contribution >= 4 is 17.8 Å². The average molecular weight is 301 g/mol. The van der Waals surface area contributed by atoms with E-state index in [1.165, 1.54) is 4.90 Å². The van der Waals surface area contributed by atoms with Crippen molar-refractivity contribution in [2.45, 2.75) is 44.8 Å². The number of carbonyl (C=O) groups excluding carboxylic acids is 3. The van der Waals surface area contributed by atoms with Gasteiger partial charge in [-0.25, -0.2) is 0 Å². The predicted molar refractivity (Wildman–Crippen MR) is 78.5 cm³/mol. The number of ether oxygens (including phenoxy) is 1. The zero-order valence-electron chi connectivity index (χ0n) is 12.4. The lowest BCUT2D eigenvalue weighted by atomic mass is 9.93. The molecular weight excluding hydrogens is 282 g/mol. The summed E-state index contributed by atoms with van der Waals surface area (Å²) in [6, 6.07) is 9.53. The first kappa shape index (κ1) is 14.8. The number of rotatable bonds is 5. The molecule has 2 aliphatic rings. The second-order valence-electron chi connectivity index (χ2n) is 5.91. The highest BCUT2D eigenvalue weighted by Gasteiger charge is 2.46. The van der Waals surface area contributed by atoms with Crippen molar-refractivity contribution in [2.24, 2.45) is 5.92 Å². The Morgan fingerprint density at radius 1 is 1.18 bits per heavy atom. The molecule has 1 aromatic rings. The number of carbonyl (C=O) groups is 3. The summed E-state index contributed by atoms with van der Waals surface area (Å²) in [6.45, 7) is 0.275. The molecule has 2 aliphatic heterocycles. The Morgan fingerprint density at radius 3 is 2.73 bits per heavy atom. The molecule has 0 radical (unpaired) electrons. The summed E-state index contributed by atoms with van der Waals surface area (Å²) in [5, 5.41) is 0. The lowest BCUT2D eigenvalue weighted by molar-refractivity contribution is -0.145. The van der Waals surface area contributed by atoms with Crippen molar-refractivity contribution in [2.75, 3.05) is 0 Å². The molecule has 22 heavy (non-hydrogen) atoms. The molecule has 2 heterocycles. The van der Waals surface area contributed by atoms with Crippen LogP contribution in [0.3, 0.4) is 0 Å². The van der Waals surface area contributed by atoms with E-state index in [0.29, 0.717) is 25.7 Å². The molecule has 116 valence electrons. The number of imide groups is 1. The van der Waals surface area contributed by atoms with Gasteiger partial charge in [-0.2, -0.15) is 0 Å². The number of hydrogen-bond donors (Lipinski definition) is 0. The Bertz CT molecular complexity index is 584. The number of fused-ring (bicyclic) bond motifs is 1. The summed E-state index contributed by atoms with van der Waals surface area (Å²) in [4.78, 5) is 36.7. The molecule has 1 aromatic carbocycles. The highest BCUT2D eigenvalue weighted by atomic mass is 16.5. The lowest BCUT2D eigenvalue weighted by Crippen LogP contribution is -2.32. The molecule has 0 spiro atoms. The minimum absolute atomic E-state index is 0.00178. The molecule has 5 heteroatoms. The summed E-state index contributed by atoms with van der Waals surface area (Å²) < 4.78 is 5.24. The first-order chi connectivity index (χ1) is 10.6. The van der Waals surface area contributed by atoms with Gasteiger partial charge in [-0.05, 0) is 24.3 Å². The van der Waals surface area contributed by atoms with E-state index in [1.54, 1.807) is 0 Å². The minimum atomic E-state index is -0.251. The van der Waals surface area contributed by atoms with Crippen LogP contribution >= 0.6 is 0 Å². The van der Waals surface area contributed by atoms with Crippen LogP contribution in [0.2, 0.25) is 0 Å². The van der Waals surface area contributed by atoms with E-state index < -0.39 is 0 Å². The summed E-state index contributed by atoms with van der Waals surface area (Å²) in [5.74, 6) is -0.304. The number of nitrogens with zero attached hydrogens (tertiary/aromatic N) is 1. The first-order valence-corrected chi connectivity index (χ1v) is 7.69. The van der Waals surface area contributed by atoms with Gasteiger partial charge in [-0.15, -0.1) is 0 Å². The van der Waals surface area contributed by atoms with Crippen LogP contribution in [0.5, 0.6) is 0 Å². The standard InChI is InChI=1S/C17H19NO4/c19-15-8-7-14-13(10-16(20)18(14)15)6-9-17(21)22-11-12-4-2-1-3-5-12/h1-5,13-14H,6-11H2. The Balaban J connectivity index is 1.46. The van der Waals surface area contributed by atoms with Crippen molar-refractivity contribution < 1.29 is 19.1 Å². The van der Waals surface area contributed by atoms with E-state index in [2.05, 4.69) is 0 Å².